The van der Waals surface area contributed by atoms with E-state index in [1.54, 1.807) is 48.9 Å². The summed E-state index contributed by atoms with van der Waals surface area (Å²) in [5.74, 6) is 1.34. The minimum absolute atomic E-state index is 0.171. The number of aromatic nitrogens is 2. The van der Waals surface area contributed by atoms with Gasteiger partial charge in [-0.1, -0.05) is 0 Å². The van der Waals surface area contributed by atoms with Crippen LogP contribution in [0, 0.1) is 0 Å². The highest BCUT2D eigenvalue weighted by Gasteiger charge is 2.29. The van der Waals surface area contributed by atoms with Gasteiger partial charge in [-0.25, -0.2) is 13.4 Å². The number of carbonyl (C=O) groups excluding carboxylic acids is 1. The molecule has 3 aromatic rings. The largest absolute Gasteiger partial charge is 0.493 e. The molecule has 1 aliphatic rings. The zero-order valence-electron chi connectivity index (χ0n) is 18.8. The molecule has 0 saturated carbocycles. The molecule has 2 heterocycles. The van der Waals surface area contributed by atoms with Gasteiger partial charge in [-0.3, -0.25) is 9.78 Å². The van der Waals surface area contributed by atoms with E-state index in [0.29, 0.717) is 48.9 Å². The first-order valence-corrected chi connectivity index (χ1v) is 12.0. The van der Waals surface area contributed by atoms with Crippen molar-refractivity contribution >= 4 is 27.4 Å². The van der Waals surface area contributed by atoms with Gasteiger partial charge < -0.3 is 19.7 Å². The van der Waals surface area contributed by atoms with Crippen molar-refractivity contribution in [3.63, 3.8) is 0 Å². The summed E-state index contributed by atoms with van der Waals surface area (Å²) in [5.41, 5.74) is 0.863. The first kappa shape index (κ1) is 23.5. The summed E-state index contributed by atoms with van der Waals surface area (Å²) in [4.78, 5) is 23.1. The van der Waals surface area contributed by atoms with Crippen LogP contribution in [-0.2, 0) is 10.0 Å². The van der Waals surface area contributed by atoms with Crippen LogP contribution in [0.5, 0.6) is 11.5 Å². The lowest BCUT2D eigenvalue weighted by molar-refractivity contribution is 0.102. The molecule has 0 spiro atoms. The van der Waals surface area contributed by atoms with Crippen molar-refractivity contribution in [1.29, 1.82) is 0 Å². The van der Waals surface area contributed by atoms with Crippen LogP contribution in [0.3, 0.4) is 0 Å². The van der Waals surface area contributed by atoms with Crippen molar-refractivity contribution in [1.82, 2.24) is 14.3 Å². The molecule has 1 amide bonds. The van der Waals surface area contributed by atoms with Crippen LogP contribution in [0.2, 0.25) is 0 Å². The number of sulfonamides is 1. The number of anilines is 2. The maximum absolute atomic E-state index is 13.1. The third-order valence-electron chi connectivity index (χ3n) is 5.51. The van der Waals surface area contributed by atoms with Crippen LogP contribution in [0.4, 0.5) is 11.5 Å². The molecule has 0 atom stereocenters. The van der Waals surface area contributed by atoms with E-state index in [2.05, 4.69) is 15.3 Å². The van der Waals surface area contributed by atoms with Gasteiger partial charge in [0.25, 0.3) is 5.91 Å². The number of rotatable bonds is 7. The van der Waals surface area contributed by atoms with Gasteiger partial charge in [0.2, 0.25) is 10.0 Å². The van der Waals surface area contributed by atoms with Crippen molar-refractivity contribution in [2.45, 2.75) is 4.90 Å². The fraction of sp³-hybridized carbons (Fsp3) is 0.261. The maximum atomic E-state index is 13.1. The second-order valence-electron chi connectivity index (χ2n) is 7.50. The lowest BCUT2D eigenvalue weighted by Crippen LogP contribution is -2.48. The van der Waals surface area contributed by atoms with E-state index in [1.807, 2.05) is 4.90 Å². The Kier molecular flexibility index (Phi) is 6.94. The minimum Gasteiger partial charge on any atom is -0.493 e. The van der Waals surface area contributed by atoms with Crippen LogP contribution >= 0.6 is 0 Å². The molecule has 0 aliphatic carbocycles. The molecule has 2 aromatic carbocycles. The van der Waals surface area contributed by atoms with Crippen LogP contribution in [0.25, 0.3) is 0 Å². The van der Waals surface area contributed by atoms with E-state index < -0.39 is 10.0 Å². The molecule has 0 unspecified atom stereocenters. The van der Waals surface area contributed by atoms with E-state index >= 15 is 0 Å². The minimum atomic E-state index is -3.65. The maximum Gasteiger partial charge on any atom is 0.255 e. The van der Waals surface area contributed by atoms with Gasteiger partial charge >= 0.3 is 0 Å². The van der Waals surface area contributed by atoms with Crippen LogP contribution in [0.15, 0.2) is 66.0 Å². The predicted octanol–water partition coefficient (Wildman–Crippen LogP) is 2.26. The van der Waals surface area contributed by atoms with Crippen molar-refractivity contribution in [3.05, 3.63) is 66.6 Å². The average Bonchev–Trinajstić information content (AvgIpc) is 2.89. The zero-order valence-corrected chi connectivity index (χ0v) is 19.7. The Labute approximate surface area is 198 Å². The molecule has 1 fully saturated rings. The number of piperazine rings is 1. The summed E-state index contributed by atoms with van der Waals surface area (Å²) in [7, 11) is -0.641. The highest BCUT2D eigenvalue weighted by atomic mass is 32.2. The fourth-order valence-corrected chi connectivity index (χ4v) is 5.07. The first-order chi connectivity index (χ1) is 16.4. The number of amides is 1. The zero-order chi connectivity index (χ0) is 24.1. The summed E-state index contributed by atoms with van der Waals surface area (Å²) < 4.78 is 38.0. The number of benzene rings is 2. The molecule has 0 bridgehead atoms. The number of hydrogen-bond donors (Lipinski definition) is 1. The molecule has 4 rings (SSSR count). The van der Waals surface area contributed by atoms with Crippen molar-refractivity contribution < 1.29 is 22.7 Å². The number of nitrogens with one attached hydrogen (secondary N) is 1. The van der Waals surface area contributed by atoms with Gasteiger partial charge in [0, 0.05) is 49.8 Å². The Balaban J connectivity index is 1.40. The van der Waals surface area contributed by atoms with E-state index in [9.17, 15) is 13.2 Å². The number of nitrogens with zero attached hydrogens (tertiary/aromatic N) is 4. The third kappa shape index (κ3) is 4.95. The highest BCUT2D eigenvalue weighted by molar-refractivity contribution is 7.89. The second-order valence-corrected chi connectivity index (χ2v) is 9.44. The highest BCUT2D eigenvalue weighted by Crippen LogP contribution is 2.28. The quantitative estimate of drug-likeness (QED) is 0.544. The Morgan fingerprint density at radius 1 is 0.941 bits per heavy atom. The summed E-state index contributed by atoms with van der Waals surface area (Å²) in [6, 6.07) is 11.0. The second kappa shape index (κ2) is 10.1. The SMILES string of the molecule is COc1ccc(C(=O)Nc2ccc(S(=O)(=O)N3CCN(c4cnccn4)CC3)cc2)cc1OC. The topological polar surface area (TPSA) is 114 Å². The summed E-state index contributed by atoms with van der Waals surface area (Å²) >= 11 is 0. The number of hydrogen-bond acceptors (Lipinski definition) is 8. The van der Waals surface area contributed by atoms with Gasteiger partial charge in [0.1, 0.15) is 5.82 Å². The van der Waals surface area contributed by atoms with Crippen molar-refractivity contribution in [2.75, 3.05) is 50.6 Å². The predicted molar refractivity (Wildman–Crippen MR) is 127 cm³/mol. The standard InChI is InChI=1S/C23H25N5O5S/c1-32-20-8-3-17(15-21(20)33-2)23(29)26-18-4-6-19(7-5-18)34(30,31)28-13-11-27(12-14-28)22-16-24-9-10-25-22/h3-10,15-16H,11-14H2,1-2H3,(H,26,29). The van der Waals surface area contributed by atoms with Gasteiger partial charge in [-0.2, -0.15) is 4.31 Å². The number of ether oxygens (including phenoxy) is 2. The van der Waals surface area contributed by atoms with Gasteiger partial charge in [0.05, 0.1) is 25.3 Å². The average molecular weight is 484 g/mol. The molecular formula is C23H25N5O5S. The summed E-state index contributed by atoms with van der Waals surface area (Å²) in [6.45, 7) is 1.74. The monoisotopic (exact) mass is 483 g/mol. The molecule has 0 radical (unpaired) electrons. The normalized spacial score (nSPS) is 14.5. The van der Waals surface area contributed by atoms with E-state index in [4.69, 9.17) is 9.47 Å². The number of methoxy groups -OCH3 is 2. The number of carbonyl (C=O) groups is 1. The van der Waals surface area contributed by atoms with Crippen LogP contribution in [-0.4, -0.2) is 69.0 Å². The molecule has 178 valence electrons. The Hall–Kier alpha value is -3.70. The lowest BCUT2D eigenvalue weighted by atomic mass is 10.2. The van der Waals surface area contributed by atoms with Gasteiger partial charge in [-0.05, 0) is 42.5 Å². The molecule has 1 N–H and O–H groups in total. The van der Waals surface area contributed by atoms with E-state index in [-0.39, 0.29) is 10.8 Å². The molecule has 1 saturated heterocycles. The van der Waals surface area contributed by atoms with Crippen molar-refractivity contribution in [3.8, 4) is 11.5 Å². The molecule has 1 aromatic heterocycles. The summed E-state index contributed by atoms with van der Waals surface area (Å²) in [6.07, 6.45) is 4.88. The van der Waals surface area contributed by atoms with Crippen molar-refractivity contribution in [2.24, 2.45) is 0 Å². The summed E-state index contributed by atoms with van der Waals surface area (Å²) in [5, 5.41) is 2.77. The smallest absolute Gasteiger partial charge is 0.255 e. The van der Waals surface area contributed by atoms with E-state index in [0.717, 1.165) is 5.82 Å². The van der Waals surface area contributed by atoms with Gasteiger partial charge in [-0.15, -0.1) is 0 Å². The van der Waals surface area contributed by atoms with Gasteiger partial charge in [0.15, 0.2) is 11.5 Å². The Morgan fingerprint density at radius 3 is 2.26 bits per heavy atom. The Morgan fingerprint density at radius 2 is 1.65 bits per heavy atom. The fourth-order valence-electron chi connectivity index (χ4n) is 3.65. The molecule has 34 heavy (non-hydrogen) atoms. The molecule has 1 aliphatic heterocycles. The lowest BCUT2D eigenvalue weighted by Gasteiger charge is -2.34. The molecule has 11 heteroatoms. The third-order valence-corrected chi connectivity index (χ3v) is 7.42. The first-order valence-electron chi connectivity index (χ1n) is 10.6. The van der Waals surface area contributed by atoms with E-state index in [1.165, 1.54) is 30.7 Å². The van der Waals surface area contributed by atoms with Crippen LogP contribution in [0.1, 0.15) is 10.4 Å². The molecule has 10 nitrogen and oxygen atoms in total. The van der Waals surface area contributed by atoms with Crippen LogP contribution < -0.4 is 19.7 Å². The molecular weight excluding hydrogens is 458 g/mol. The Bertz CT molecular complexity index is 1240.